The molecule has 1 heterocycles. The second-order valence-corrected chi connectivity index (χ2v) is 6.42. The van der Waals surface area contributed by atoms with E-state index in [-0.39, 0.29) is 11.9 Å². The van der Waals surface area contributed by atoms with Gasteiger partial charge in [-0.3, -0.25) is 0 Å². The minimum absolute atomic E-state index is 0.0107. The molecule has 80 valence electrons. The summed E-state index contributed by atoms with van der Waals surface area (Å²) in [5.74, 6) is 5.46. The molecule has 0 aromatic rings. The lowest BCUT2D eigenvalue weighted by atomic mass is 9.41. The molecule has 7 aliphatic rings. The van der Waals surface area contributed by atoms with Gasteiger partial charge in [0.1, 0.15) is 0 Å². The van der Waals surface area contributed by atoms with Gasteiger partial charge in [-0.05, 0) is 35.5 Å². The summed E-state index contributed by atoms with van der Waals surface area (Å²) in [7, 11) is 0. The van der Waals surface area contributed by atoms with Crippen molar-refractivity contribution in [1.29, 1.82) is 0 Å². The van der Waals surface area contributed by atoms with E-state index in [1.807, 2.05) is 0 Å². The van der Waals surface area contributed by atoms with E-state index in [0.717, 1.165) is 36.9 Å². The molecule has 1 aliphatic heterocycles. The van der Waals surface area contributed by atoms with Crippen molar-refractivity contribution in [2.75, 3.05) is 13.2 Å². The smallest absolute Gasteiger partial charge is 0.175 e. The van der Waals surface area contributed by atoms with Crippen LogP contribution < -0.4 is 0 Å². The molecule has 6 aliphatic carbocycles. The first kappa shape index (κ1) is 7.25. The highest BCUT2D eigenvalue weighted by atomic mass is 16.7. The van der Waals surface area contributed by atoms with E-state index < -0.39 is 0 Å². The summed E-state index contributed by atoms with van der Waals surface area (Å²) in [6.45, 7) is 1.55. The van der Waals surface area contributed by atoms with E-state index in [2.05, 4.69) is 0 Å². The normalized spacial score (nSPS) is 77.8. The Kier molecular flexibility index (Phi) is 0.819. The van der Waals surface area contributed by atoms with Crippen LogP contribution in [0.25, 0.3) is 0 Å². The van der Waals surface area contributed by atoms with Gasteiger partial charge in [-0.1, -0.05) is 0 Å². The molecule has 0 aromatic heterocycles. The number of rotatable bonds is 0. The first-order chi connectivity index (χ1) is 7.36. The average molecular weight is 206 g/mol. The van der Waals surface area contributed by atoms with Crippen molar-refractivity contribution in [2.24, 2.45) is 47.3 Å². The Morgan fingerprint density at radius 2 is 1.40 bits per heavy atom. The molecule has 1 saturated heterocycles. The van der Waals surface area contributed by atoms with Gasteiger partial charge < -0.3 is 14.6 Å². The molecule has 3 nitrogen and oxygen atoms in total. The fourth-order valence-corrected chi connectivity index (χ4v) is 6.97. The predicted octanol–water partition coefficient (Wildman–Crippen LogP) is 0.0880. The minimum atomic E-state index is -0.215. The standard InChI is InChI=1S/C12H14O3/c13-11-7-3-4-6(7)10-8(11)5(3)9(4)12(10)14-1-2-15-12/h3-11,13H,1-2H2/t3-,4-,5+,6+,7-,8-,9+,10+,11+/m0/s1. The molecule has 9 atom stereocenters. The zero-order valence-corrected chi connectivity index (χ0v) is 8.37. The SMILES string of the molecule is O[C@@H]1[C@H]2[C@@H]3[C@@H]4[C@H]1[C@H]1[C@@H]2[C@H]3[C@H]4C12OCCO2. The van der Waals surface area contributed by atoms with Crippen molar-refractivity contribution >= 4 is 0 Å². The maximum absolute atomic E-state index is 10.3. The maximum atomic E-state index is 10.3. The maximum Gasteiger partial charge on any atom is 0.175 e. The number of hydrogen-bond donors (Lipinski definition) is 1. The van der Waals surface area contributed by atoms with Gasteiger partial charge in [0, 0.05) is 11.8 Å². The molecule has 6 saturated carbocycles. The van der Waals surface area contributed by atoms with E-state index in [0.29, 0.717) is 23.7 Å². The van der Waals surface area contributed by atoms with Gasteiger partial charge in [0.15, 0.2) is 5.79 Å². The van der Waals surface area contributed by atoms with Crippen molar-refractivity contribution in [3.05, 3.63) is 0 Å². The van der Waals surface area contributed by atoms with Gasteiger partial charge >= 0.3 is 0 Å². The summed E-state index contributed by atoms with van der Waals surface area (Å²) in [5, 5.41) is 10.3. The molecule has 0 unspecified atom stereocenters. The molecule has 0 amide bonds. The summed E-state index contributed by atoms with van der Waals surface area (Å²) in [5.41, 5.74) is 0. The van der Waals surface area contributed by atoms with Gasteiger partial charge in [-0.2, -0.15) is 0 Å². The highest BCUT2D eigenvalue weighted by Crippen LogP contribution is 2.91. The van der Waals surface area contributed by atoms with E-state index in [1.165, 1.54) is 0 Å². The first-order valence-electron chi connectivity index (χ1n) is 6.32. The Morgan fingerprint density at radius 3 is 2.07 bits per heavy atom. The molecule has 15 heavy (non-hydrogen) atoms. The lowest BCUT2D eigenvalue weighted by Gasteiger charge is -2.62. The molecule has 4 bridgehead atoms. The summed E-state index contributed by atoms with van der Waals surface area (Å²) in [6, 6.07) is 0. The highest BCUT2D eigenvalue weighted by Gasteiger charge is 2.94. The Hall–Kier alpha value is -0.120. The Balaban J connectivity index is 1.63. The van der Waals surface area contributed by atoms with Gasteiger partial charge in [0.05, 0.1) is 19.3 Å². The lowest BCUT2D eigenvalue weighted by molar-refractivity contribution is -0.229. The van der Waals surface area contributed by atoms with Crippen LogP contribution in [0.4, 0.5) is 0 Å². The second-order valence-electron chi connectivity index (χ2n) is 6.42. The van der Waals surface area contributed by atoms with Crippen LogP contribution in [0.3, 0.4) is 0 Å². The molecule has 1 spiro atoms. The van der Waals surface area contributed by atoms with Crippen molar-refractivity contribution in [1.82, 2.24) is 0 Å². The number of ether oxygens (including phenoxy) is 2. The zero-order chi connectivity index (χ0) is 9.52. The van der Waals surface area contributed by atoms with Crippen LogP contribution in [0, 0.1) is 47.3 Å². The summed E-state index contributed by atoms with van der Waals surface area (Å²) >= 11 is 0. The van der Waals surface area contributed by atoms with Gasteiger partial charge in [-0.15, -0.1) is 0 Å². The van der Waals surface area contributed by atoms with Gasteiger partial charge in [0.2, 0.25) is 0 Å². The fraction of sp³-hybridized carbons (Fsp3) is 1.00. The van der Waals surface area contributed by atoms with E-state index >= 15 is 0 Å². The summed E-state index contributed by atoms with van der Waals surface area (Å²) in [4.78, 5) is 0. The average Bonchev–Trinajstić information content (AvgIpc) is 2.87. The van der Waals surface area contributed by atoms with Crippen LogP contribution in [0.2, 0.25) is 0 Å². The zero-order valence-electron chi connectivity index (χ0n) is 8.37. The lowest BCUT2D eigenvalue weighted by Crippen LogP contribution is -2.61. The van der Waals surface area contributed by atoms with Crippen LogP contribution in [0.1, 0.15) is 0 Å². The number of aliphatic hydroxyl groups excluding tert-OH is 1. The third kappa shape index (κ3) is 0.413. The molecule has 7 rings (SSSR count). The summed E-state index contributed by atoms with van der Waals surface area (Å²) in [6.07, 6.45) is -0.0107. The van der Waals surface area contributed by atoms with Crippen molar-refractivity contribution in [2.45, 2.75) is 11.9 Å². The third-order valence-corrected chi connectivity index (χ3v) is 6.78. The van der Waals surface area contributed by atoms with E-state index in [4.69, 9.17) is 9.47 Å². The molecular weight excluding hydrogens is 192 g/mol. The van der Waals surface area contributed by atoms with Crippen LogP contribution in [0.15, 0.2) is 0 Å². The van der Waals surface area contributed by atoms with Gasteiger partial charge in [0.25, 0.3) is 0 Å². The third-order valence-electron chi connectivity index (χ3n) is 6.78. The Morgan fingerprint density at radius 1 is 0.800 bits per heavy atom. The molecule has 3 heteroatoms. The molecular formula is C12H14O3. The van der Waals surface area contributed by atoms with Crippen molar-refractivity contribution < 1.29 is 14.6 Å². The monoisotopic (exact) mass is 206 g/mol. The number of hydrogen-bond acceptors (Lipinski definition) is 3. The molecule has 7 fully saturated rings. The predicted molar refractivity (Wildman–Crippen MR) is 48.6 cm³/mol. The number of aliphatic hydroxyl groups is 1. The Bertz CT molecular complexity index is 386. The minimum Gasteiger partial charge on any atom is -0.393 e. The van der Waals surface area contributed by atoms with E-state index in [9.17, 15) is 5.11 Å². The Labute approximate surface area is 87.7 Å². The van der Waals surface area contributed by atoms with Crippen molar-refractivity contribution in [3.63, 3.8) is 0 Å². The topological polar surface area (TPSA) is 38.7 Å². The highest BCUT2D eigenvalue weighted by molar-refractivity contribution is 5.39. The second kappa shape index (κ2) is 1.69. The largest absolute Gasteiger partial charge is 0.393 e. The van der Waals surface area contributed by atoms with Crippen LogP contribution >= 0.6 is 0 Å². The molecule has 0 aromatic carbocycles. The quantitative estimate of drug-likeness (QED) is 0.610. The first-order valence-corrected chi connectivity index (χ1v) is 6.32. The van der Waals surface area contributed by atoms with Crippen LogP contribution in [-0.2, 0) is 9.47 Å². The summed E-state index contributed by atoms with van der Waals surface area (Å²) < 4.78 is 12.0. The molecule has 1 N–H and O–H groups in total. The van der Waals surface area contributed by atoms with Crippen LogP contribution in [-0.4, -0.2) is 30.2 Å². The molecule has 0 radical (unpaired) electrons. The fourth-order valence-electron chi connectivity index (χ4n) is 6.97. The van der Waals surface area contributed by atoms with Gasteiger partial charge in [-0.25, -0.2) is 0 Å². The van der Waals surface area contributed by atoms with Crippen LogP contribution in [0.5, 0.6) is 0 Å². The van der Waals surface area contributed by atoms with E-state index in [1.54, 1.807) is 0 Å². The van der Waals surface area contributed by atoms with Crippen molar-refractivity contribution in [3.8, 4) is 0 Å².